The van der Waals surface area contributed by atoms with Gasteiger partial charge in [-0.3, -0.25) is 4.21 Å². The Morgan fingerprint density at radius 3 is 2.91 bits per heavy atom. The summed E-state index contributed by atoms with van der Waals surface area (Å²) in [5.74, 6) is 1.75. The summed E-state index contributed by atoms with van der Waals surface area (Å²) < 4.78 is 22.2. The number of pyridine rings is 1. The molecule has 8 heteroatoms. The van der Waals surface area contributed by atoms with Crippen LogP contribution >= 0.6 is 0 Å². The van der Waals surface area contributed by atoms with Crippen molar-refractivity contribution in [3.05, 3.63) is 23.9 Å². The minimum absolute atomic E-state index is 0.000687. The largest absolute Gasteiger partial charge is 0.481 e. The normalized spacial score (nSPS) is 30.1. The van der Waals surface area contributed by atoms with E-state index in [1.165, 1.54) is 0 Å². The molecule has 2 aliphatic heterocycles. The topological polar surface area (TPSA) is 89.5 Å². The summed E-state index contributed by atoms with van der Waals surface area (Å²) in [6.07, 6.45) is 3.02. The van der Waals surface area contributed by atoms with Crippen LogP contribution in [0.1, 0.15) is 24.5 Å². The van der Waals surface area contributed by atoms with Crippen LogP contribution in [0.25, 0.3) is 0 Å². The molecular weight excluding hydrogens is 318 g/mol. The quantitative estimate of drug-likeness (QED) is 0.844. The fourth-order valence-corrected chi connectivity index (χ4v) is 4.33. The molecule has 126 valence electrons. The van der Waals surface area contributed by atoms with Gasteiger partial charge in [-0.1, -0.05) is 0 Å². The maximum Gasteiger partial charge on any atom is 0.315 e. The molecule has 0 saturated carbocycles. The number of amides is 2. The van der Waals surface area contributed by atoms with Crippen molar-refractivity contribution in [2.24, 2.45) is 0 Å². The van der Waals surface area contributed by atoms with Crippen LogP contribution in [-0.2, 0) is 15.5 Å². The summed E-state index contributed by atoms with van der Waals surface area (Å²) in [7, 11) is 0.768. The third-order valence-corrected chi connectivity index (χ3v) is 5.59. The molecule has 3 rings (SSSR count). The van der Waals surface area contributed by atoms with E-state index >= 15 is 0 Å². The third kappa shape index (κ3) is 4.00. The van der Waals surface area contributed by atoms with Gasteiger partial charge in [0, 0.05) is 52.8 Å². The van der Waals surface area contributed by atoms with Crippen molar-refractivity contribution in [2.75, 3.05) is 25.2 Å². The number of carbonyl (C=O) groups is 1. The van der Waals surface area contributed by atoms with Crippen molar-refractivity contribution in [3.63, 3.8) is 0 Å². The molecular formula is C15H21N3O4S. The first kappa shape index (κ1) is 16.2. The van der Waals surface area contributed by atoms with Crippen molar-refractivity contribution >= 4 is 16.8 Å². The molecule has 2 aliphatic rings. The van der Waals surface area contributed by atoms with Crippen LogP contribution in [0.2, 0.25) is 0 Å². The Hall–Kier alpha value is -1.67. The van der Waals surface area contributed by atoms with Crippen LogP contribution in [0, 0.1) is 0 Å². The van der Waals surface area contributed by atoms with E-state index in [0.29, 0.717) is 24.0 Å². The minimum atomic E-state index is -0.801. The highest BCUT2D eigenvalue weighted by Crippen LogP contribution is 2.29. The van der Waals surface area contributed by atoms with Crippen molar-refractivity contribution in [2.45, 2.75) is 31.0 Å². The van der Waals surface area contributed by atoms with Crippen LogP contribution in [0.15, 0.2) is 18.3 Å². The number of hydrogen-bond acceptors (Lipinski definition) is 5. The molecule has 2 N–H and O–H groups in total. The molecule has 0 spiro atoms. The van der Waals surface area contributed by atoms with Crippen LogP contribution in [0.3, 0.4) is 0 Å². The number of ether oxygens (including phenoxy) is 2. The van der Waals surface area contributed by atoms with E-state index < -0.39 is 10.8 Å². The van der Waals surface area contributed by atoms with Gasteiger partial charge in [0.1, 0.15) is 6.10 Å². The number of carbonyl (C=O) groups excluding carboxylic acids is 1. The van der Waals surface area contributed by atoms with Gasteiger partial charge in [-0.15, -0.1) is 0 Å². The zero-order chi connectivity index (χ0) is 16.2. The van der Waals surface area contributed by atoms with E-state index in [9.17, 15) is 9.00 Å². The average molecular weight is 339 g/mol. The lowest BCUT2D eigenvalue weighted by molar-refractivity contribution is 0.0995. The van der Waals surface area contributed by atoms with Gasteiger partial charge in [-0.25, -0.2) is 9.78 Å². The molecule has 4 atom stereocenters. The molecule has 23 heavy (non-hydrogen) atoms. The summed E-state index contributed by atoms with van der Waals surface area (Å²) in [6.45, 7) is 0.592. The molecule has 1 aromatic heterocycles. The van der Waals surface area contributed by atoms with Gasteiger partial charge in [-0.05, 0) is 18.9 Å². The Balaban J connectivity index is 1.57. The number of nitrogens with one attached hydrogen (secondary N) is 2. The monoisotopic (exact) mass is 339 g/mol. The molecule has 3 heterocycles. The van der Waals surface area contributed by atoms with Gasteiger partial charge in [0.2, 0.25) is 5.88 Å². The second kappa shape index (κ2) is 7.27. The standard InChI is InChI=1S/C15H21N3O4S/c1-21-13-3-2-10(8-16-13)14-12(4-6-22-14)18-15(19)17-11-5-7-23(20)9-11/h2-3,8,11-12,14H,4-7,9H2,1H3,(H2,17,18,19)/t11?,12-,14+,23?/m1/s1. The first-order chi connectivity index (χ1) is 11.2. The number of aromatic nitrogens is 1. The maximum atomic E-state index is 12.1. The summed E-state index contributed by atoms with van der Waals surface area (Å²) in [5.41, 5.74) is 0.913. The molecule has 2 saturated heterocycles. The fourth-order valence-electron chi connectivity index (χ4n) is 2.92. The molecule has 2 unspecified atom stereocenters. The molecule has 0 radical (unpaired) electrons. The SMILES string of the molecule is COc1ccc([C@@H]2OCC[C@H]2NC(=O)NC2CCS(=O)C2)cn1. The maximum absolute atomic E-state index is 12.1. The highest BCUT2D eigenvalue weighted by Gasteiger charge is 2.32. The number of rotatable bonds is 4. The summed E-state index contributed by atoms with van der Waals surface area (Å²) in [5, 5.41) is 5.86. The number of urea groups is 1. The number of nitrogens with zero attached hydrogens (tertiary/aromatic N) is 1. The van der Waals surface area contributed by atoms with Gasteiger partial charge < -0.3 is 20.1 Å². The molecule has 2 amide bonds. The highest BCUT2D eigenvalue weighted by atomic mass is 32.2. The van der Waals surface area contributed by atoms with Gasteiger partial charge in [-0.2, -0.15) is 0 Å². The zero-order valence-electron chi connectivity index (χ0n) is 13.0. The lowest BCUT2D eigenvalue weighted by Crippen LogP contribution is -2.47. The Labute approximate surface area is 137 Å². The third-order valence-electron chi connectivity index (χ3n) is 4.12. The van der Waals surface area contributed by atoms with E-state index in [2.05, 4.69) is 15.6 Å². The fraction of sp³-hybridized carbons (Fsp3) is 0.600. The van der Waals surface area contributed by atoms with Crippen molar-refractivity contribution in [1.29, 1.82) is 0 Å². The summed E-state index contributed by atoms with van der Waals surface area (Å²) in [4.78, 5) is 16.3. The van der Waals surface area contributed by atoms with E-state index in [1.54, 1.807) is 19.4 Å². The lowest BCUT2D eigenvalue weighted by Gasteiger charge is -2.21. The number of hydrogen-bond donors (Lipinski definition) is 2. The van der Waals surface area contributed by atoms with E-state index in [1.807, 2.05) is 6.07 Å². The average Bonchev–Trinajstić information content (AvgIpc) is 3.16. The zero-order valence-corrected chi connectivity index (χ0v) is 13.8. The first-order valence-corrected chi connectivity index (χ1v) is 9.18. The smallest absolute Gasteiger partial charge is 0.315 e. The van der Waals surface area contributed by atoms with Crippen LogP contribution < -0.4 is 15.4 Å². The van der Waals surface area contributed by atoms with Gasteiger partial charge in [0.15, 0.2) is 0 Å². The predicted molar refractivity (Wildman–Crippen MR) is 85.8 cm³/mol. The summed E-state index contributed by atoms with van der Waals surface area (Å²) in [6, 6.07) is 3.35. The van der Waals surface area contributed by atoms with Crippen LogP contribution in [0.5, 0.6) is 5.88 Å². The minimum Gasteiger partial charge on any atom is -0.481 e. The van der Waals surface area contributed by atoms with Crippen molar-refractivity contribution in [3.8, 4) is 5.88 Å². The lowest BCUT2D eigenvalue weighted by atomic mass is 10.0. The first-order valence-electron chi connectivity index (χ1n) is 7.69. The van der Waals surface area contributed by atoms with E-state index in [4.69, 9.17) is 9.47 Å². The second-order valence-corrected chi connectivity index (χ2v) is 7.36. The Bertz CT molecular complexity index is 581. The molecule has 0 bridgehead atoms. The van der Waals surface area contributed by atoms with Crippen LogP contribution in [0.4, 0.5) is 4.79 Å². The van der Waals surface area contributed by atoms with Crippen molar-refractivity contribution < 1.29 is 18.5 Å². The molecule has 0 aliphatic carbocycles. The Morgan fingerprint density at radius 1 is 1.39 bits per heavy atom. The molecule has 1 aromatic rings. The second-order valence-electron chi connectivity index (χ2n) is 5.73. The van der Waals surface area contributed by atoms with Crippen molar-refractivity contribution in [1.82, 2.24) is 15.6 Å². The van der Waals surface area contributed by atoms with Gasteiger partial charge in [0.05, 0.1) is 13.2 Å². The predicted octanol–water partition coefficient (Wildman–Crippen LogP) is 0.740. The highest BCUT2D eigenvalue weighted by molar-refractivity contribution is 7.85. The van der Waals surface area contributed by atoms with Gasteiger partial charge >= 0.3 is 6.03 Å². The number of methoxy groups -OCH3 is 1. The van der Waals surface area contributed by atoms with E-state index in [0.717, 1.165) is 18.4 Å². The Kier molecular flexibility index (Phi) is 5.12. The molecule has 0 aromatic carbocycles. The molecule has 7 nitrogen and oxygen atoms in total. The van der Waals surface area contributed by atoms with E-state index in [-0.39, 0.29) is 24.2 Å². The van der Waals surface area contributed by atoms with Gasteiger partial charge in [0.25, 0.3) is 0 Å². The molecule has 2 fully saturated rings. The van der Waals surface area contributed by atoms with Crippen LogP contribution in [-0.4, -0.2) is 52.5 Å². The summed E-state index contributed by atoms with van der Waals surface area (Å²) >= 11 is 0. The Morgan fingerprint density at radius 2 is 2.26 bits per heavy atom.